The third kappa shape index (κ3) is 5.00. The van der Waals surface area contributed by atoms with Crippen LogP contribution in [0.1, 0.15) is 71.5 Å². The molecule has 152 valence electrons. The van der Waals surface area contributed by atoms with Gasteiger partial charge in [-0.25, -0.2) is 4.98 Å². The van der Waals surface area contributed by atoms with Crippen molar-refractivity contribution in [1.82, 2.24) is 15.3 Å². The minimum atomic E-state index is -0.114. The van der Waals surface area contributed by atoms with E-state index >= 15 is 0 Å². The molecule has 0 aliphatic heterocycles. The van der Waals surface area contributed by atoms with Crippen molar-refractivity contribution in [3.8, 4) is 0 Å². The summed E-state index contributed by atoms with van der Waals surface area (Å²) in [4.78, 5) is 31.7. The van der Waals surface area contributed by atoms with Gasteiger partial charge in [-0.2, -0.15) is 0 Å². The molecule has 1 heterocycles. The van der Waals surface area contributed by atoms with Crippen LogP contribution in [0.4, 0.5) is 0 Å². The SMILES string of the molecule is CCC(C)(C)C1CCC(NC(=O)CCCc2nc3ccccc3c(=O)[nH]2)CC1. The van der Waals surface area contributed by atoms with Gasteiger partial charge in [0.05, 0.1) is 10.9 Å². The number of aromatic nitrogens is 2. The Balaban J connectivity index is 1.44. The predicted molar refractivity (Wildman–Crippen MR) is 113 cm³/mol. The number of hydrogen-bond donors (Lipinski definition) is 2. The number of fused-ring (bicyclic) bond motifs is 1. The van der Waals surface area contributed by atoms with E-state index in [9.17, 15) is 9.59 Å². The highest BCUT2D eigenvalue weighted by molar-refractivity contribution is 5.77. The molecule has 2 N–H and O–H groups in total. The number of nitrogens with one attached hydrogen (secondary N) is 2. The zero-order chi connectivity index (χ0) is 20.1. The molecular weight excluding hydrogens is 350 g/mol. The number of rotatable bonds is 7. The van der Waals surface area contributed by atoms with Gasteiger partial charge in [0.25, 0.3) is 5.56 Å². The van der Waals surface area contributed by atoms with Crippen molar-refractivity contribution in [3.05, 3.63) is 40.4 Å². The molecule has 5 nitrogen and oxygen atoms in total. The highest BCUT2D eigenvalue weighted by atomic mass is 16.1. The molecule has 0 spiro atoms. The molecule has 28 heavy (non-hydrogen) atoms. The van der Waals surface area contributed by atoms with E-state index in [0.29, 0.717) is 47.4 Å². The number of benzene rings is 1. The molecule has 0 radical (unpaired) electrons. The summed E-state index contributed by atoms with van der Waals surface area (Å²) >= 11 is 0. The fourth-order valence-corrected chi connectivity index (χ4v) is 4.28. The number of carbonyl (C=O) groups excluding carboxylic acids is 1. The molecule has 3 rings (SSSR count). The lowest BCUT2D eigenvalue weighted by molar-refractivity contribution is -0.122. The molecule has 1 aromatic heterocycles. The van der Waals surface area contributed by atoms with Crippen LogP contribution in [-0.2, 0) is 11.2 Å². The van der Waals surface area contributed by atoms with Crippen LogP contribution in [-0.4, -0.2) is 21.9 Å². The minimum Gasteiger partial charge on any atom is -0.353 e. The average Bonchev–Trinajstić information content (AvgIpc) is 2.68. The number of hydrogen-bond acceptors (Lipinski definition) is 3. The Kier molecular flexibility index (Phi) is 6.53. The normalized spacial score (nSPS) is 20.2. The molecule has 1 aromatic carbocycles. The number of aryl methyl sites for hydroxylation is 1. The van der Waals surface area contributed by atoms with Gasteiger partial charge in [0.15, 0.2) is 0 Å². The number of aromatic amines is 1. The first-order chi connectivity index (χ1) is 13.4. The molecule has 1 saturated carbocycles. The van der Waals surface area contributed by atoms with Crippen molar-refractivity contribution in [2.45, 2.75) is 78.2 Å². The van der Waals surface area contributed by atoms with Gasteiger partial charge in [-0.15, -0.1) is 0 Å². The monoisotopic (exact) mass is 383 g/mol. The Morgan fingerprint density at radius 3 is 2.64 bits per heavy atom. The van der Waals surface area contributed by atoms with Crippen LogP contribution in [0.3, 0.4) is 0 Å². The Bertz CT molecular complexity index is 864. The highest BCUT2D eigenvalue weighted by Crippen LogP contribution is 2.40. The lowest BCUT2D eigenvalue weighted by Crippen LogP contribution is -2.39. The molecule has 1 aliphatic carbocycles. The molecule has 1 fully saturated rings. The van der Waals surface area contributed by atoms with Crippen molar-refractivity contribution in [1.29, 1.82) is 0 Å². The molecule has 0 atom stereocenters. The predicted octanol–water partition coefficient (Wildman–Crippen LogP) is 4.36. The van der Waals surface area contributed by atoms with Gasteiger partial charge in [-0.3, -0.25) is 9.59 Å². The first-order valence-corrected chi connectivity index (χ1v) is 10.7. The van der Waals surface area contributed by atoms with Crippen LogP contribution < -0.4 is 10.9 Å². The van der Waals surface area contributed by atoms with Crippen molar-refractivity contribution in [2.75, 3.05) is 0 Å². The number of para-hydroxylation sites is 1. The molecule has 0 bridgehead atoms. The second-order valence-electron chi connectivity index (χ2n) is 8.84. The second-order valence-corrected chi connectivity index (χ2v) is 8.84. The zero-order valence-corrected chi connectivity index (χ0v) is 17.4. The summed E-state index contributed by atoms with van der Waals surface area (Å²) in [6.45, 7) is 7.00. The minimum absolute atomic E-state index is 0.112. The second kappa shape index (κ2) is 8.89. The fourth-order valence-electron chi connectivity index (χ4n) is 4.28. The van der Waals surface area contributed by atoms with E-state index in [0.717, 1.165) is 18.8 Å². The topological polar surface area (TPSA) is 74.8 Å². The van der Waals surface area contributed by atoms with Crippen LogP contribution in [0.25, 0.3) is 10.9 Å². The first kappa shape index (κ1) is 20.6. The van der Waals surface area contributed by atoms with Gasteiger partial charge < -0.3 is 10.3 Å². The maximum Gasteiger partial charge on any atom is 0.258 e. The number of nitrogens with zero attached hydrogens (tertiary/aromatic N) is 1. The lowest BCUT2D eigenvalue weighted by Gasteiger charge is -2.39. The van der Waals surface area contributed by atoms with Gasteiger partial charge >= 0.3 is 0 Å². The lowest BCUT2D eigenvalue weighted by atomic mass is 9.69. The fraction of sp³-hybridized carbons (Fsp3) is 0.609. The Morgan fingerprint density at radius 1 is 1.21 bits per heavy atom. The standard InChI is InChI=1S/C23H33N3O2/c1-4-23(2,3)16-12-14-17(15-13-16)24-21(27)11-7-10-20-25-19-9-6-5-8-18(19)22(28)26-20/h5-6,8-9,16-17H,4,7,10-15H2,1-3H3,(H,24,27)(H,25,26,28). The summed E-state index contributed by atoms with van der Waals surface area (Å²) in [7, 11) is 0. The first-order valence-electron chi connectivity index (χ1n) is 10.7. The van der Waals surface area contributed by atoms with Crippen molar-refractivity contribution in [3.63, 3.8) is 0 Å². The van der Waals surface area contributed by atoms with Crippen LogP contribution in [0, 0.1) is 11.3 Å². The van der Waals surface area contributed by atoms with E-state index in [1.807, 2.05) is 18.2 Å². The van der Waals surface area contributed by atoms with Crippen molar-refractivity contribution >= 4 is 16.8 Å². The van der Waals surface area contributed by atoms with E-state index in [4.69, 9.17) is 0 Å². The maximum atomic E-state index is 12.3. The molecule has 1 amide bonds. The summed E-state index contributed by atoms with van der Waals surface area (Å²) in [5, 5.41) is 3.81. The molecular formula is C23H33N3O2. The summed E-state index contributed by atoms with van der Waals surface area (Å²) in [5.74, 6) is 1.53. The van der Waals surface area contributed by atoms with E-state index in [-0.39, 0.29) is 11.5 Å². The van der Waals surface area contributed by atoms with E-state index in [1.54, 1.807) is 6.07 Å². The van der Waals surface area contributed by atoms with Crippen molar-refractivity contribution in [2.24, 2.45) is 11.3 Å². The summed E-state index contributed by atoms with van der Waals surface area (Å²) in [5.41, 5.74) is 0.993. The molecule has 0 saturated heterocycles. The molecule has 2 aromatic rings. The number of amides is 1. The third-order valence-electron chi connectivity index (χ3n) is 6.59. The van der Waals surface area contributed by atoms with Crippen LogP contribution in [0.5, 0.6) is 0 Å². The zero-order valence-electron chi connectivity index (χ0n) is 17.4. The number of H-pyrrole nitrogens is 1. The van der Waals surface area contributed by atoms with E-state index < -0.39 is 0 Å². The van der Waals surface area contributed by atoms with Gasteiger partial charge in [-0.05, 0) is 55.6 Å². The van der Waals surface area contributed by atoms with Gasteiger partial charge in [-0.1, -0.05) is 39.3 Å². The average molecular weight is 384 g/mol. The Labute approximate surface area is 167 Å². The Morgan fingerprint density at radius 2 is 1.93 bits per heavy atom. The molecule has 5 heteroatoms. The Hall–Kier alpha value is -2.17. The van der Waals surface area contributed by atoms with Gasteiger partial charge in [0.1, 0.15) is 5.82 Å². The summed E-state index contributed by atoms with van der Waals surface area (Å²) in [6.07, 6.45) is 7.54. The number of carbonyl (C=O) groups is 1. The van der Waals surface area contributed by atoms with E-state index in [1.165, 1.54) is 19.3 Å². The van der Waals surface area contributed by atoms with Gasteiger partial charge in [0.2, 0.25) is 5.91 Å². The van der Waals surface area contributed by atoms with E-state index in [2.05, 4.69) is 36.1 Å². The van der Waals surface area contributed by atoms with Crippen LogP contribution in [0.2, 0.25) is 0 Å². The largest absolute Gasteiger partial charge is 0.353 e. The molecule has 1 aliphatic rings. The maximum absolute atomic E-state index is 12.3. The van der Waals surface area contributed by atoms with Crippen LogP contribution >= 0.6 is 0 Å². The molecule has 0 unspecified atom stereocenters. The smallest absolute Gasteiger partial charge is 0.258 e. The van der Waals surface area contributed by atoms with Crippen molar-refractivity contribution < 1.29 is 4.79 Å². The van der Waals surface area contributed by atoms with Crippen LogP contribution in [0.15, 0.2) is 29.1 Å². The van der Waals surface area contributed by atoms with Gasteiger partial charge in [0, 0.05) is 18.9 Å². The highest BCUT2D eigenvalue weighted by Gasteiger charge is 2.32. The summed E-state index contributed by atoms with van der Waals surface area (Å²) in [6, 6.07) is 7.64. The summed E-state index contributed by atoms with van der Waals surface area (Å²) < 4.78 is 0. The third-order valence-corrected chi connectivity index (χ3v) is 6.59. The quantitative estimate of drug-likeness (QED) is 0.746.